The topological polar surface area (TPSA) is 67.4 Å². The van der Waals surface area contributed by atoms with Crippen LogP contribution in [-0.2, 0) is 0 Å². The van der Waals surface area contributed by atoms with Crippen LogP contribution in [0.15, 0.2) is 6.20 Å². The Balaban J connectivity index is 1.71. The van der Waals surface area contributed by atoms with Crippen molar-refractivity contribution in [1.82, 2.24) is 9.36 Å². The smallest absolute Gasteiger partial charge is 0.430 e. The van der Waals surface area contributed by atoms with Gasteiger partial charge in [0.05, 0.1) is 12.2 Å². The van der Waals surface area contributed by atoms with Crippen molar-refractivity contribution in [3.05, 3.63) is 6.20 Å². The van der Waals surface area contributed by atoms with Gasteiger partial charge in [0.25, 0.3) is 0 Å². The molecule has 0 spiro atoms. The first-order valence-corrected chi connectivity index (χ1v) is 6.85. The Hall–Kier alpha value is -1.39. The van der Waals surface area contributed by atoms with E-state index in [9.17, 15) is 9.90 Å². The molecular formula is C13H18N2O3. The van der Waals surface area contributed by atoms with E-state index >= 15 is 0 Å². The Morgan fingerprint density at radius 2 is 1.67 bits per heavy atom. The van der Waals surface area contributed by atoms with Crippen molar-refractivity contribution in [1.29, 1.82) is 0 Å². The van der Waals surface area contributed by atoms with Gasteiger partial charge in [-0.3, -0.25) is 0 Å². The molecule has 5 rings (SSSR count). The molecule has 4 fully saturated rings. The summed E-state index contributed by atoms with van der Waals surface area (Å²) in [7, 11) is 0. The lowest BCUT2D eigenvalue weighted by Gasteiger charge is -2.55. The van der Waals surface area contributed by atoms with E-state index in [-0.39, 0.29) is 11.9 Å². The van der Waals surface area contributed by atoms with Crippen LogP contribution >= 0.6 is 0 Å². The molecule has 4 aliphatic rings. The molecule has 0 aliphatic heterocycles. The van der Waals surface area contributed by atoms with Crippen LogP contribution in [0, 0.1) is 23.7 Å². The molecule has 4 bridgehead atoms. The van der Waals surface area contributed by atoms with Crippen LogP contribution in [0.25, 0.3) is 0 Å². The molecule has 0 atom stereocenters. The molecule has 0 unspecified atom stereocenters. The highest BCUT2D eigenvalue weighted by molar-refractivity contribution is 5.68. The van der Waals surface area contributed by atoms with Crippen LogP contribution in [0.5, 0.6) is 5.88 Å². The van der Waals surface area contributed by atoms with Gasteiger partial charge in [-0.05, 0) is 55.8 Å². The first-order valence-electron chi connectivity index (χ1n) is 6.85. The molecule has 1 aromatic rings. The molecule has 0 amide bonds. The summed E-state index contributed by atoms with van der Waals surface area (Å²) in [6.45, 7) is 0. The van der Waals surface area contributed by atoms with Gasteiger partial charge in [-0.15, -0.1) is 0 Å². The van der Waals surface area contributed by atoms with Gasteiger partial charge in [-0.25, -0.2) is 9.48 Å². The quantitative estimate of drug-likeness (QED) is 0.804. The Bertz CT molecular complexity index is 474. The summed E-state index contributed by atoms with van der Waals surface area (Å²) in [5.74, 6) is 2.97. The highest BCUT2D eigenvalue weighted by Crippen LogP contribution is 2.58. The van der Waals surface area contributed by atoms with Crippen LogP contribution in [-0.4, -0.2) is 25.7 Å². The van der Waals surface area contributed by atoms with Gasteiger partial charge in [0.1, 0.15) is 0 Å². The van der Waals surface area contributed by atoms with Crippen LogP contribution in [0.4, 0.5) is 4.79 Å². The predicted molar refractivity (Wildman–Crippen MR) is 63.6 cm³/mol. The molecule has 0 saturated heterocycles. The third-order valence-corrected chi connectivity index (χ3v) is 5.36. The fourth-order valence-corrected chi connectivity index (χ4v) is 5.02. The van der Waals surface area contributed by atoms with Crippen LogP contribution in [0.2, 0.25) is 0 Å². The number of aromatic hydroxyl groups is 1. The van der Waals surface area contributed by atoms with E-state index in [1.54, 1.807) is 4.68 Å². The standard InChI is InChI=1S/C13H18N2O3/c16-11-6-14(13(17)18)15(11)12-9-2-7-1-8(4-9)5-10(12)3-7/h6-10,12,16H,1-5H2,(H,17,18). The molecule has 1 aromatic heterocycles. The SMILES string of the molecule is O=C(O)n1cc(O)n1C1C2CC3CC(C2)CC1C3. The summed E-state index contributed by atoms with van der Waals surface area (Å²) < 4.78 is 2.78. The average molecular weight is 250 g/mol. The van der Waals surface area contributed by atoms with Crippen molar-refractivity contribution in [3.8, 4) is 5.88 Å². The van der Waals surface area contributed by atoms with E-state index < -0.39 is 6.09 Å². The maximum atomic E-state index is 11.1. The second-order valence-electron chi connectivity index (χ2n) is 6.38. The molecule has 5 heteroatoms. The summed E-state index contributed by atoms with van der Waals surface area (Å²) in [5.41, 5.74) is 0. The lowest BCUT2D eigenvalue weighted by Crippen LogP contribution is -2.48. The van der Waals surface area contributed by atoms with Crippen molar-refractivity contribution < 1.29 is 15.0 Å². The maximum absolute atomic E-state index is 11.1. The Kier molecular flexibility index (Phi) is 1.95. The fraction of sp³-hybridized carbons (Fsp3) is 0.769. The molecule has 4 saturated carbocycles. The van der Waals surface area contributed by atoms with Gasteiger partial charge in [-0.2, -0.15) is 4.68 Å². The third kappa shape index (κ3) is 1.25. The monoisotopic (exact) mass is 250 g/mol. The summed E-state index contributed by atoms with van der Waals surface area (Å²) in [6.07, 6.45) is 6.55. The zero-order valence-corrected chi connectivity index (χ0v) is 10.2. The molecular weight excluding hydrogens is 232 g/mol. The van der Waals surface area contributed by atoms with E-state index in [4.69, 9.17) is 5.11 Å². The molecule has 18 heavy (non-hydrogen) atoms. The Labute approximate surface area is 105 Å². The van der Waals surface area contributed by atoms with Gasteiger partial charge in [0.15, 0.2) is 0 Å². The number of hydrogen-bond donors (Lipinski definition) is 2. The molecule has 98 valence electrons. The summed E-state index contributed by atoms with van der Waals surface area (Å²) in [6, 6.07) is 0.207. The summed E-state index contributed by atoms with van der Waals surface area (Å²) in [4.78, 5) is 11.1. The highest BCUT2D eigenvalue weighted by Gasteiger charge is 2.50. The fourth-order valence-electron chi connectivity index (χ4n) is 5.02. The van der Waals surface area contributed by atoms with Crippen LogP contribution in [0.1, 0.15) is 38.1 Å². The third-order valence-electron chi connectivity index (χ3n) is 5.36. The van der Waals surface area contributed by atoms with Crippen LogP contribution < -0.4 is 0 Å². The van der Waals surface area contributed by atoms with Gasteiger partial charge in [0, 0.05) is 0 Å². The summed E-state index contributed by atoms with van der Waals surface area (Å²) in [5, 5.41) is 18.9. The molecule has 2 N–H and O–H groups in total. The molecule has 4 aliphatic carbocycles. The minimum atomic E-state index is -0.999. The molecule has 1 heterocycles. The average Bonchev–Trinajstić information content (AvgIpc) is 2.29. The number of nitrogens with zero attached hydrogens (tertiary/aromatic N) is 2. The zero-order valence-electron chi connectivity index (χ0n) is 10.2. The van der Waals surface area contributed by atoms with E-state index in [0.717, 1.165) is 16.5 Å². The lowest BCUT2D eigenvalue weighted by atomic mass is 9.54. The molecule has 0 radical (unpaired) electrons. The van der Waals surface area contributed by atoms with Gasteiger partial charge < -0.3 is 10.2 Å². The number of rotatable bonds is 1. The predicted octanol–water partition coefficient (Wildman–Crippen LogP) is 2.52. The second-order valence-corrected chi connectivity index (χ2v) is 6.38. The normalized spacial score (nSPS) is 41.4. The largest absolute Gasteiger partial charge is 0.492 e. The van der Waals surface area contributed by atoms with Crippen molar-refractivity contribution in [2.24, 2.45) is 23.7 Å². The number of aromatic nitrogens is 2. The second kappa shape index (κ2) is 3.33. The Morgan fingerprint density at radius 1 is 1.11 bits per heavy atom. The number of carbonyl (C=O) groups is 1. The zero-order chi connectivity index (χ0) is 12.4. The van der Waals surface area contributed by atoms with Crippen molar-refractivity contribution >= 4 is 6.09 Å². The summed E-state index contributed by atoms with van der Waals surface area (Å²) >= 11 is 0. The first kappa shape index (κ1) is 10.5. The number of hydrogen-bond acceptors (Lipinski definition) is 2. The molecule has 5 nitrogen and oxygen atoms in total. The van der Waals surface area contributed by atoms with Crippen molar-refractivity contribution in [2.75, 3.05) is 0 Å². The molecule has 0 aromatic carbocycles. The van der Waals surface area contributed by atoms with Crippen LogP contribution in [0.3, 0.4) is 0 Å². The van der Waals surface area contributed by atoms with E-state index in [0.29, 0.717) is 11.8 Å². The minimum Gasteiger partial charge on any atom is -0.492 e. The highest BCUT2D eigenvalue weighted by atomic mass is 16.4. The maximum Gasteiger partial charge on any atom is 0.430 e. The van der Waals surface area contributed by atoms with Crippen molar-refractivity contribution in [2.45, 2.75) is 38.1 Å². The van der Waals surface area contributed by atoms with Gasteiger partial charge in [0.2, 0.25) is 5.88 Å². The number of carboxylic acid groups (broad SMARTS) is 1. The minimum absolute atomic E-state index is 0.120. The van der Waals surface area contributed by atoms with E-state index in [1.807, 2.05) is 0 Å². The van der Waals surface area contributed by atoms with Crippen molar-refractivity contribution in [3.63, 3.8) is 0 Å². The van der Waals surface area contributed by atoms with Gasteiger partial charge in [-0.1, -0.05) is 0 Å². The first-order chi connectivity index (χ1) is 8.63. The Morgan fingerprint density at radius 3 is 2.11 bits per heavy atom. The van der Waals surface area contributed by atoms with Gasteiger partial charge >= 0.3 is 6.09 Å². The van der Waals surface area contributed by atoms with E-state index in [2.05, 4.69) is 0 Å². The van der Waals surface area contributed by atoms with E-state index in [1.165, 1.54) is 38.3 Å². The lowest BCUT2D eigenvalue weighted by molar-refractivity contribution is -0.0435.